The van der Waals surface area contributed by atoms with Gasteiger partial charge in [0.15, 0.2) is 5.96 Å². The maximum Gasteiger partial charge on any atom is 0.245 e. The van der Waals surface area contributed by atoms with Gasteiger partial charge in [-0.15, -0.1) is 0 Å². The van der Waals surface area contributed by atoms with Crippen LogP contribution in [0.15, 0.2) is 78.2 Å². The van der Waals surface area contributed by atoms with E-state index in [1.54, 1.807) is 66.1 Å². The molecule has 3 aromatic rings. The number of carbonyl (C=O) groups is 13. The van der Waals surface area contributed by atoms with Crippen molar-refractivity contribution in [3.63, 3.8) is 0 Å². The summed E-state index contributed by atoms with van der Waals surface area (Å²) in [6, 6.07) is 2.55. The molecular weight excluding hydrogens is 1270 g/mol. The molecule has 1 heterocycles. The quantitative estimate of drug-likeness (QED) is 0.00366. The number of H-pyrrole nitrogens is 1. The molecule has 0 spiro atoms. The lowest BCUT2D eigenvalue weighted by atomic mass is 10.0. The number of unbranched alkanes of at least 4 members (excludes halogenated alkanes) is 1. The van der Waals surface area contributed by atoms with Crippen molar-refractivity contribution in [2.75, 3.05) is 31.1 Å². The number of aliphatic imine (C=N–C) groups is 1. The number of aromatic amines is 1. The number of aliphatic hydroxyl groups excluding tert-OH is 2. The van der Waals surface area contributed by atoms with E-state index >= 15 is 0 Å². The van der Waals surface area contributed by atoms with Gasteiger partial charge in [0.05, 0.1) is 37.5 Å². The van der Waals surface area contributed by atoms with Crippen molar-refractivity contribution in [3.8, 4) is 0 Å². The Bertz CT molecular complexity index is 3020. The second kappa shape index (κ2) is 42.1. The lowest BCUT2D eigenvalue weighted by Gasteiger charge is -2.29. The van der Waals surface area contributed by atoms with Crippen LogP contribution in [0.1, 0.15) is 76.1 Å². The number of aromatic nitrogens is 2. The Hall–Kier alpha value is -9.23. The number of benzene rings is 2. The first-order chi connectivity index (χ1) is 44.7. The van der Waals surface area contributed by atoms with Gasteiger partial charge < -0.3 is 95.7 Å². The first-order valence-corrected chi connectivity index (χ1v) is 31.1. The number of nitrogens with two attached hydrogens (primary N) is 4. The maximum absolute atomic E-state index is 14.6. The lowest BCUT2D eigenvalue weighted by Crippen LogP contribution is -2.62. The van der Waals surface area contributed by atoms with Crippen molar-refractivity contribution in [1.82, 2.24) is 73.9 Å². The van der Waals surface area contributed by atoms with Crippen LogP contribution < -0.4 is 87.0 Å². The number of aliphatic hydroxyl groups is 2. The van der Waals surface area contributed by atoms with Crippen LogP contribution in [-0.2, 0) is 81.6 Å². The predicted molar refractivity (Wildman–Crippen MR) is 347 cm³/mol. The maximum atomic E-state index is 14.6. The first-order valence-electron chi connectivity index (χ1n) is 29.8. The molecule has 36 heteroatoms. The molecule has 0 radical (unpaired) electrons. The minimum atomic E-state index is -1.85. The fourth-order valence-electron chi connectivity index (χ4n) is 8.98. The molecule has 0 fully saturated rings. The normalized spacial score (nSPS) is 14.7. The van der Waals surface area contributed by atoms with Crippen molar-refractivity contribution in [3.05, 3.63) is 90.0 Å². The molecule has 0 bridgehead atoms. The summed E-state index contributed by atoms with van der Waals surface area (Å²) < 4.78 is 0. The van der Waals surface area contributed by atoms with Gasteiger partial charge in [0, 0.05) is 56.1 Å². The van der Waals surface area contributed by atoms with Gasteiger partial charge in [-0.2, -0.15) is 25.3 Å². The van der Waals surface area contributed by atoms with Gasteiger partial charge in [0.2, 0.25) is 70.9 Å². The molecule has 0 saturated heterocycles. The topological polar surface area (TPSA) is 552 Å². The number of carbonyl (C=O) groups excluding carboxylic acids is 13. The number of amides is 12. The molecule has 1 aromatic heterocycles. The summed E-state index contributed by atoms with van der Waals surface area (Å²) in [6.45, 7) is 2.89. The third-order valence-corrected chi connectivity index (χ3v) is 14.6. The molecule has 94 heavy (non-hydrogen) atoms. The highest BCUT2D eigenvalue weighted by atomic mass is 32.1. The molecule has 12 atom stereocenters. The van der Waals surface area contributed by atoms with Crippen LogP contribution in [0.4, 0.5) is 0 Å². The van der Waals surface area contributed by atoms with E-state index in [1.165, 1.54) is 19.4 Å². The van der Waals surface area contributed by atoms with Crippen molar-refractivity contribution in [1.29, 1.82) is 0 Å². The number of rotatable bonds is 42. The van der Waals surface area contributed by atoms with E-state index in [0.29, 0.717) is 23.2 Å². The van der Waals surface area contributed by atoms with Gasteiger partial charge in [-0.1, -0.05) is 60.7 Å². The Morgan fingerprint density at radius 3 is 1.46 bits per heavy atom. The predicted octanol–water partition coefficient (Wildman–Crippen LogP) is -7.20. The number of aldehydes is 1. The zero-order chi connectivity index (χ0) is 69.9. The molecule has 0 aliphatic rings. The van der Waals surface area contributed by atoms with Gasteiger partial charge in [-0.25, -0.2) is 10.8 Å². The van der Waals surface area contributed by atoms with Crippen LogP contribution in [0.2, 0.25) is 0 Å². The third kappa shape index (κ3) is 28.7. The number of imidazole rings is 1. The van der Waals surface area contributed by atoms with Crippen LogP contribution >= 0.6 is 25.3 Å². The van der Waals surface area contributed by atoms with E-state index < -0.39 is 168 Å². The second-order valence-corrected chi connectivity index (χ2v) is 22.4. The second-order valence-electron chi connectivity index (χ2n) is 21.6. The summed E-state index contributed by atoms with van der Waals surface area (Å²) in [7, 11) is 0. The van der Waals surface area contributed by atoms with Crippen LogP contribution in [0.25, 0.3) is 0 Å². The summed E-state index contributed by atoms with van der Waals surface area (Å²) in [5, 5.41) is 48.5. The van der Waals surface area contributed by atoms with Crippen LogP contribution in [-0.4, -0.2) is 207 Å². The first kappa shape index (κ1) is 79.0. The Morgan fingerprint density at radius 1 is 0.564 bits per heavy atom. The number of hydrogen-bond donors (Lipinski definition) is 21. The summed E-state index contributed by atoms with van der Waals surface area (Å²) >= 11 is 8.41. The molecule has 3 rings (SSSR count). The largest absolute Gasteiger partial charge is 0.391 e. The van der Waals surface area contributed by atoms with E-state index in [2.05, 4.69) is 98.7 Å². The third-order valence-electron chi connectivity index (χ3n) is 13.9. The monoisotopic (exact) mass is 1350 g/mol. The Kier molecular flexibility index (Phi) is 35.4. The van der Waals surface area contributed by atoms with E-state index in [-0.39, 0.29) is 70.3 Å². The summed E-state index contributed by atoms with van der Waals surface area (Å²) in [6.07, 6.45) is -0.699. The number of guanidine groups is 1. The Morgan fingerprint density at radius 2 is 1.00 bits per heavy atom. The van der Waals surface area contributed by atoms with Crippen molar-refractivity contribution in [2.45, 2.75) is 151 Å². The van der Waals surface area contributed by atoms with Gasteiger partial charge >= 0.3 is 0 Å². The summed E-state index contributed by atoms with van der Waals surface area (Å²) in [5.41, 5.74) is 20.3. The van der Waals surface area contributed by atoms with Crippen molar-refractivity contribution in [2.24, 2.45) is 28.0 Å². The number of hydrogen-bond acceptors (Lipinski definition) is 21. The SMILES string of the molecule is CC(=O)N[C@H](Cc1ccccc1)C(=O)N[C@H](Cc1ccccc1)C(=O)N[C@H](Cc1cnc[nH]1)C(=O)N[C@H](CCCN=C(N)N)C(=O)N[C@@H](C(=O)N[C@H](CS)C(=O)N[C@H](CCCCN)C(=O)N[C@H](CS)C(=O)NC(C(=O)NCC(=O)N[C@@H](C=O)CC(=O)NN)[C@@H](C)O)[C@H](C)O. The number of nitrogens with zero attached hydrogens (tertiary/aromatic N) is 2. The Labute approximate surface area is 552 Å². The highest BCUT2D eigenvalue weighted by Crippen LogP contribution is 2.12. The van der Waals surface area contributed by atoms with E-state index in [0.717, 1.165) is 13.8 Å². The molecule has 516 valence electrons. The zero-order valence-electron chi connectivity index (χ0n) is 52.1. The summed E-state index contributed by atoms with van der Waals surface area (Å²) in [5.74, 6) is -7.05. The minimum absolute atomic E-state index is 0.0397. The van der Waals surface area contributed by atoms with Gasteiger partial charge in [0.1, 0.15) is 60.7 Å². The van der Waals surface area contributed by atoms with Crippen LogP contribution in [0, 0.1) is 0 Å². The van der Waals surface area contributed by atoms with Gasteiger partial charge in [-0.05, 0) is 63.6 Å². The fourth-order valence-corrected chi connectivity index (χ4v) is 9.49. The standard InChI is InChI=1S/C58H87N19O15S2/c1-31(79)47(56(91)65-26-46(83)68-37(27-78)24-45(82)77-62)75-55(90)44(29-94)73-49(84)38(17-10-11-19-59)70-54(89)43(28-93)74-57(92)48(32(2)80)76-50(85)39(18-12-20-64-58(60)61)69-53(88)42(23-36-25-63-30-66-36)72-52(87)41(22-35-15-8-5-9-16-35)71-51(86)40(67-33(3)81)21-34-13-6-4-7-14-34/h4-9,13-16,25,27,30-32,37-44,47-48,79-80,93-94H,10-12,17-24,26,28-29,59,62H2,1-3H3,(H,63,66)(H,65,91)(H,67,81)(H,68,83)(H,69,88)(H,70,89)(H,71,86)(H,72,87)(H,73,84)(H,74,92)(H,75,90)(H,76,85)(H,77,82)(H4,60,61,64)/t31-,32+,37-,38-,39-,40-,41-,42-,43-,44-,47?,48-/m1/s1. The zero-order valence-corrected chi connectivity index (χ0v) is 53.9. The highest BCUT2D eigenvalue weighted by Gasteiger charge is 2.37. The average molecular weight is 1350 g/mol. The molecular formula is C58H87N19O15S2. The van der Waals surface area contributed by atoms with Gasteiger partial charge in [-0.3, -0.25) is 68.0 Å². The van der Waals surface area contributed by atoms with Crippen molar-refractivity contribution < 1.29 is 72.5 Å². The van der Waals surface area contributed by atoms with Gasteiger partial charge in [0.25, 0.3) is 0 Å². The average Bonchev–Trinajstić information content (AvgIpc) is 1.76. The Balaban J connectivity index is 1.86. The molecule has 0 aliphatic carbocycles. The molecule has 2 aromatic carbocycles. The molecule has 23 N–H and O–H groups in total. The number of thiol groups is 2. The van der Waals surface area contributed by atoms with Crippen LogP contribution in [0.3, 0.4) is 0 Å². The van der Waals surface area contributed by atoms with E-state index in [4.69, 9.17) is 23.0 Å². The molecule has 0 aliphatic heterocycles. The number of hydrazine groups is 1. The molecule has 12 amide bonds. The van der Waals surface area contributed by atoms with E-state index in [9.17, 15) is 72.5 Å². The fraction of sp³-hybridized carbons (Fsp3) is 0.500. The van der Waals surface area contributed by atoms with E-state index in [1.807, 2.05) is 0 Å². The smallest absolute Gasteiger partial charge is 0.245 e. The molecule has 34 nitrogen and oxygen atoms in total. The minimum Gasteiger partial charge on any atom is -0.391 e. The molecule has 0 saturated carbocycles. The summed E-state index contributed by atoms with van der Waals surface area (Å²) in [4.78, 5) is 185. The highest BCUT2D eigenvalue weighted by molar-refractivity contribution is 7.80. The lowest BCUT2D eigenvalue weighted by molar-refractivity contribution is -0.137. The number of nitrogens with one attached hydrogen (secondary N) is 13. The molecule has 1 unspecified atom stereocenters. The van der Waals surface area contributed by atoms with Crippen molar-refractivity contribution >= 4 is 108 Å². The van der Waals surface area contributed by atoms with Crippen LogP contribution in [0.5, 0.6) is 0 Å².